The van der Waals surface area contributed by atoms with Crippen LogP contribution in [0.1, 0.15) is 54.6 Å². The van der Waals surface area contributed by atoms with E-state index in [0.29, 0.717) is 24.9 Å². The Morgan fingerprint density at radius 1 is 1.14 bits per heavy atom. The third-order valence-corrected chi connectivity index (χ3v) is 6.16. The Morgan fingerprint density at radius 3 is 2.82 bits per heavy atom. The fourth-order valence-corrected chi connectivity index (χ4v) is 4.54. The molecule has 2 aromatic heterocycles. The normalized spacial score (nSPS) is 21.4. The van der Waals surface area contributed by atoms with Crippen LogP contribution in [0.4, 0.5) is 0 Å². The van der Waals surface area contributed by atoms with Crippen LogP contribution < -0.4 is 5.56 Å². The van der Waals surface area contributed by atoms with E-state index in [-0.39, 0.29) is 5.56 Å². The van der Waals surface area contributed by atoms with Gasteiger partial charge in [0, 0.05) is 44.2 Å². The molecule has 0 saturated carbocycles. The quantitative estimate of drug-likeness (QED) is 0.771. The largest absolute Gasteiger partial charge is 0.381 e. The zero-order valence-electron chi connectivity index (χ0n) is 16.2. The predicted molar refractivity (Wildman–Crippen MR) is 101 cm³/mol. The van der Waals surface area contributed by atoms with Gasteiger partial charge in [-0.05, 0) is 44.1 Å². The molecular weight excluding hydrogens is 358 g/mol. The maximum atomic E-state index is 12.3. The summed E-state index contributed by atoms with van der Waals surface area (Å²) in [6, 6.07) is 1.80. The van der Waals surface area contributed by atoms with E-state index >= 15 is 0 Å². The fraction of sp³-hybridized carbons (Fsp3) is 0.700. The molecule has 150 valence electrons. The molecule has 0 aromatic carbocycles. The number of rotatable bonds is 5. The van der Waals surface area contributed by atoms with E-state index in [0.717, 1.165) is 75.0 Å². The second-order valence-electron chi connectivity index (χ2n) is 8.34. The number of ether oxygens (including phenoxy) is 1. The molecule has 0 unspecified atom stereocenters. The van der Waals surface area contributed by atoms with Crippen LogP contribution in [0.3, 0.4) is 0 Å². The van der Waals surface area contributed by atoms with Crippen molar-refractivity contribution in [3.8, 4) is 0 Å². The summed E-state index contributed by atoms with van der Waals surface area (Å²) in [5.74, 6) is 2.29. The van der Waals surface area contributed by atoms with Gasteiger partial charge in [0.2, 0.25) is 5.89 Å². The highest BCUT2D eigenvalue weighted by Gasteiger charge is 2.30. The Balaban J connectivity index is 1.14. The van der Waals surface area contributed by atoms with Crippen LogP contribution >= 0.6 is 0 Å². The first-order valence-electron chi connectivity index (χ1n) is 10.5. The van der Waals surface area contributed by atoms with Crippen LogP contribution in [0, 0.1) is 5.92 Å². The van der Waals surface area contributed by atoms with Crippen LogP contribution in [0.5, 0.6) is 0 Å². The molecule has 0 radical (unpaired) electrons. The van der Waals surface area contributed by atoms with Crippen molar-refractivity contribution >= 4 is 0 Å². The maximum Gasteiger partial charge on any atom is 0.267 e. The lowest BCUT2D eigenvalue weighted by molar-refractivity contribution is 0.0729. The molecule has 2 saturated heterocycles. The first-order chi connectivity index (χ1) is 13.7. The van der Waals surface area contributed by atoms with E-state index in [1.807, 2.05) is 0 Å². The first-order valence-corrected chi connectivity index (χ1v) is 10.5. The van der Waals surface area contributed by atoms with Gasteiger partial charge in [-0.15, -0.1) is 0 Å². The summed E-state index contributed by atoms with van der Waals surface area (Å²) in [4.78, 5) is 19.2. The van der Waals surface area contributed by atoms with Gasteiger partial charge in [0.1, 0.15) is 0 Å². The van der Waals surface area contributed by atoms with Crippen molar-refractivity contribution in [3.63, 3.8) is 0 Å². The summed E-state index contributed by atoms with van der Waals surface area (Å²) in [5, 5.41) is 8.78. The molecule has 5 rings (SSSR count). The number of aromatic nitrogens is 4. The molecule has 2 aliphatic heterocycles. The van der Waals surface area contributed by atoms with Gasteiger partial charge in [-0.1, -0.05) is 5.16 Å². The minimum atomic E-state index is 0.0402. The van der Waals surface area contributed by atoms with Gasteiger partial charge in [-0.3, -0.25) is 9.69 Å². The summed E-state index contributed by atoms with van der Waals surface area (Å²) < 4.78 is 12.5. The van der Waals surface area contributed by atoms with Crippen LogP contribution in [0.2, 0.25) is 0 Å². The molecule has 3 aliphatic rings. The van der Waals surface area contributed by atoms with Gasteiger partial charge >= 0.3 is 0 Å². The number of hydrogen-bond donors (Lipinski definition) is 0. The number of fused-ring (bicyclic) bond motifs is 1. The lowest BCUT2D eigenvalue weighted by atomic mass is 9.96. The molecule has 0 atom stereocenters. The highest BCUT2D eigenvalue weighted by atomic mass is 16.5. The molecule has 4 heterocycles. The van der Waals surface area contributed by atoms with Crippen molar-refractivity contribution in [1.29, 1.82) is 0 Å². The smallest absolute Gasteiger partial charge is 0.267 e. The molecule has 0 bridgehead atoms. The van der Waals surface area contributed by atoms with Crippen molar-refractivity contribution < 1.29 is 9.26 Å². The Morgan fingerprint density at radius 2 is 1.96 bits per heavy atom. The molecule has 1 aliphatic carbocycles. The average Bonchev–Trinajstić information content (AvgIpc) is 3.16. The van der Waals surface area contributed by atoms with Crippen molar-refractivity contribution in [2.75, 3.05) is 26.3 Å². The highest BCUT2D eigenvalue weighted by molar-refractivity contribution is 5.20. The predicted octanol–water partition coefficient (Wildman–Crippen LogP) is 1.53. The molecule has 2 aromatic rings. The summed E-state index contributed by atoms with van der Waals surface area (Å²) in [7, 11) is 0. The summed E-state index contributed by atoms with van der Waals surface area (Å²) in [5.41, 5.74) is 2.31. The monoisotopic (exact) mass is 385 g/mol. The van der Waals surface area contributed by atoms with Crippen molar-refractivity contribution in [1.82, 2.24) is 24.8 Å². The molecule has 28 heavy (non-hydrogen) atoms. The Kier molecular flexibility index (Phi) is 4.98. The van der Waals surface area contributed by atoms with Crippen molar-refractivity contribution in [3.05, 3.63) is 39.4 Å². The Hall–Kier alpha value is -2.06. The van der Waals surface area contributed by atoms with Gasteiger partial charge in [-0.2, -0.15) is 10.1 Å². The van der Waals surface area contributed by atoms with Gasteiger partial charge in [-0.25, -0.2) is 4.68 Å². The molecule has 0 N–H and O–H groups in total. The van der Waals surface area contributed by atoms with Gasteiger partial charge in [0.05, 0.1) is 18.8 Å². The number of aryl methyl sites for hydroxylation is 2. The van der Waals surface area contributed by atoms with E-state index in [1.165, 1.54) is 12.8 Å². The molecule has 2 fully saturated rings. The average molecular weight is 385 g/mol. The fourth-order valence-electron chi connectivity index (χ4n) is 4.54. The SMILES string of the molecule is O=c1cc2c(nn1CC1CN(Cc3noc(C4CCOCC4)n3)C1)CCCC2. The lowest BCUT2D eigenvalue weighted by Gasteiger charge is -2.38. The summed E-state index contributed by atoms with van der Waals surface area (Å²) in [6.07, 6.45) is 6.25. The van der Waals surface area contributed by atoms with Gasteiger partial charge in [0.25, 0.3) is 5.56 Å². The summed E-state index contributed by atoms with van der Waals surface area (Å²) in [6.45, 7) is 4.81. The number of nitrogens with zero attached hydrogens (tertiary/aromatic N) is 5. The molecule has 0 spiro atoms. The standard InChI is InChI=1S/C20H27N5O3/c26-19-9-16-3-1-2-4-17(16)22-25(19)12-14-10-24(11-14)13-18-21-20(28-23-18)15-5-7-27-8-6-15/h9,14-15H,1-8,10-13H2. The number of hydrogen-bond acceptors (Lipinski definition) is 7. The third-order valence-electron chi connectivity index (χ3n) is 6.16. The van der Waals surface area contributed by atoms with Crippen molar-refractivity contribution in [2.45, 2.75) is 57.5 Å². The maximum absolute atomic E-state index is 12.3. The zero-order chi connectivity index (χ0) is 18.9. The summed E-state index contributed by atoms with van der Waals surface area (Å²) >= 11 is 0. The topological polar surface area (TPSA) is 86.3 Å². The first kappa shape index (κ1) is 18.0. The van der Waals surface area contributed by atoms with Crippen LogP contribution in [-0.4, -0.2) is 51.1 Å². The van der Waals surface area contributed by atoms with Crippen LogP contribution in [0.25, 0.3) is 0 Å². The second kappa shape index (κ2) is 7.75. The van der Waals surface area contributed by atoms with Gasteiger partial charge < -0.3 is 9.26 Å². The van der Waals surface area contributed by atoms with E-state index in [1.54, 1.807) is 10.7 Å². The number of likely N-dealkylation sites (tertiary alicyclic amines) is 1. The highest BCUT2D eigenvalue weighted by Crippen LogP contribution is 2.26. The molecule has 8 nitrogen and oxygen atoms in total. The Labute approximate surface area is 163 Å². The van der Waals surface area contributed by atoms with E-state index in [9.17, 15) is 4.79 Å². The lowest BCUT2D eigenvalue weighted by Crippen LogP contribution is -2.49. The van der Waals surface area contributed by atoms with E-state index in [4.69, 9.17) is 9.26 Å². The van der Waals surface area contributed by atoms with Gasteiger partial charge in [0.15, 0.2) is 5.82 Å². The third kappa shape index (κ3) is 3.75. The van der Waals surface area contributed by atoms with E-state index in [2.05, 4.69) is 20.1 Å². The minimum absolute atomic E-state index is 0.0402. The van der Waals surface area contributed by atoms with E-state index < -0.39 is 0 Å². The van der Waals surface area contributed by atoms with Crippen LogP contribution in [0.15, 0.2) is 15.4 Å². The zero-order valence-corrected chi connectivity index (χ0v) is 16.2. The molecule has 0 amide bonds. The van der Waals surface area contributed by atoms with Crippen molar-refractivity contribution in [2.24, 2.45) is 5.92 Å². The molecule has 8 heteroatoms. The second-order valence-corrected chi connectivity index (χ2v) is 8.34. The molecular formula is C20H27N5O3. The Bertz CT molecular complexity index is 880. The van der Waals surface area contributed by atoms with Crippen LogP contribution in [-0.2, 0) is 30.7 Å². The minimum Gasteiger partial charge on any atom is -0.381 e.